The third kappa shape index (κ3) is 6.09. The number of sulfonamides is 1. The SMILES string of the molecule is CCOc1ccc([C@H](C)NC(=O)[C@@H](C)N(c2ccc(F)c(F)c2)S(C)(=O)=O)cc1OCC. The van der Waals surface area contributed by atoms with Crippen LogP contribution in [0.25, 0.3) is 0 Å². The van der Waals surface area contributed by atoms with Gasteiger partial charge in [0.2, 0.25) is 15.9 Å². The lowest BCUT2D eigenvalue weighted by Crippen LogP contribution is -2.48. The molecule has 0 aliphatic heterocycles. The highest BCUT2D eigenvalue weighted by Crippen LogP contribution is 2.31. The van der Waals surface area contributed by atoms with Crippen LogP contribution in [0.5, 0.6) is 11.5 Å². The first-order valence-corrected chi connectivity index (χ1v) is 12.0. The number of hydrogen-bond acceptors (Lipinski definition) is 5. The predicted molar refractivity (Wildman–Crippen MR) is 118 cm³/mol. The minimum Gasteiger partial charge on any atom is -0.490 e. The molecule has 0 aliphatic carbocycles. The molecule has 0 bridgehead atoms. The maximum Gasteiger partial charge on any atom is 0.244 e. The Balaban J connectivity index is 2.27. The lowest BCUT2D eigenvalue weighted by Gasteiger charge is -2.29. The molecule has 2 aromatic rings. The Morgan fingerprint density at radius 1 is 1.00 bits per heavy atom. The molecule has 2 aromatic carbocycles. The fourth-order valence-corrected chi connectivity index (χ4v) is 4.35. The van der Waals surface area contributed by atoms with Crippen molar-refractivity contribution in [1.29, 1.82) is 0 Å². The summed E-state index contributed by atoms with van der Waals surface area (Å²) in [6.07, 6.45) is 0.891. The standard InChI is InChI=1S/C22H28F2N2O5S/c1-6-30-20-11-8-16(12-21(20)31-7-2)14(3)25-22(27)15(4)26(32(5,28)29)17-9-10-18(23)19(24)13-17/h8-15H,6-7H2,1-5H3,(H,25,27)/t14-,15+/m0/s1. The monoisotopic (exact) mass is 470 g/mol. The van der Waals surface area contributed by atoms with Gasteiger partial charge in [0.1, 0.15) is 6.04 Å². The van der Waals surface area contributed by atoms with E-state index in [1.807, 2.05) is 13.8 Å². The van der Waals surface area contributed by atoms with E-state index in [2.05, 4.69) is 5.32 Å². The number of ether oxygens (including phenoxy) is 2. The first-order valence-electron chi connectivity index (χ1n) is 10.1. The molecule has 0 unspecified atom stereocenters. The third-order valence-corrected chi connectivity index (χ3v) is 5.91. The highest BCUT2D eigenvalue weighted by molar-refractivity contribution is 7.92. The van der Waals surface area contributed by atoms with E-state index in [0.717, 1.165) is 34.3 Å². The predicted octanol–water partition coefficient (Wildman–Crippen LogP) is 3.79. The van der Waals surface area contributed by atoms with Gasteiger partial charge in [0.05, 0.1) is 31.2 Å². The zero-order valence-corrected chi connectivity index (χ0v) is 19.5. The second-order valence-corrected chi connectivity index (χ2v) is 9.00. The van der Waals surface area contributed by atoms with Gasteiger partial charge >= 0.3 is 0 Å². The average Bonchev–Trinajstić information content (AvgIpc) is 2.71. The van der Waals surface area contributed by atoms with Crippen LogP contribution in [-0.2, 0) is 14.8 Å². The summed E-state index contributed by atoms with van der Waals surface area (Å²) in [7, 11) is -3.97. The van der Waals surface area contributed by atoms with Crippen molar-refractivity contribution in [2.24, 2.45) is 0 Å². The first-order chi connectivity index (χ1) is 15.0. The van der Waals surface area contributed by atoms with Gasteiger partial charge in [0.25, 0.3) is 0 Å². The van der Waals surface area contributed by atoms with Crippen molar-refractivity contribution < 1.29 is 31.5 Å². The third-order valence-electron chi connectivity index (χ3n) is 4.67. The topological polar surface area (TPSA) is 84.9 Å². The van der Waals surface area contributed by atoms with Gasteiger partial charge in [-0.1, -0.05) is 6.07 Å². The van der Waals surface area contributed by atoms with Crippen molar-refractivity contribution in [3.63, 3.8) is 0 Å². The molecule has 2 rings (SSSR count). The Morgan fingerprint density at radius 2 is 1.62 bits per heavy atom. The van der Waals surface area contributed by atoms with Crippen molar-refractivity contribution >= 4 is 21.6 Å². The van der Waals surface area contributed by atoms with E-state index < -0.39 is 39.6 Å². The van der Waals surface area contributed by atoms with Gasteiger partial charge in [-0.3, -0.25) is 9.10 Å². The largest absolute Gasteiger partial charge is 0.490 e. The molecule has 2 atom stereocenters. The molecule has 176 valence electrons. The second-order valence-electron chi connectivity index (χ2n) is 7.14. The van der Waals surface area contributed by atoms with Crippen molar-refractivity contribution in [3.05, 3.63) is 53.6 Å². The Morgan fingerprint density at radius 3 is 2.19 bits per heavy atom. The highest BCUT2D eigenvalue weighted by Gasteiger charge is 2.30. The summed E-state index contributed by atoms with van der Waals surface area (Å²) in [5.41, 5.74) is 0.567. The van der Waals surface area contributed by atoms with E-state index in [9.17, 15) is 22.0 Å². The summed E-state index contributed by atoms with van der Waals surface area (Å²) in [6.45, 7) is 7.70. The van der Waals surface area contributed by atoms with Gasteiger partial charge in [0.15, 0.2) is 23.1 Å². The number of rotatable bonds is 10. The van der Waals surface area contributed by atoms with Gasteiger partial charge in [-0.2, -0.15) is 0 Å². The molecule has 0 aliphatic rings. The Hall–Kier alpha value is -2.88. The molecule has 0 radical (unpaired) electrons. The maximum atomic E-state index is 13.7. The summed E-state index contributed by atoms with van der Waals surface area (Å²) in [5.74, 6) is -1.84. The lowest BCUT2D eigenvalue weighted by molar-refractivity contribution is -0.122. The van der Waals surface area contributed by atoms with E-state index >= 15 is 0 Å². The van der Waals surface area contributed by atoms with E-state index in [1.54, 1.807) is 25.1 Å². The van der Waals surface area contributed by atoms with Crippen LogP contribution in [0.4, 0.5) is 14.5 Å². The Kier molecular flexibility index (Phi) is 8.43. The molecule has 1 N–H and O–H groups in total. The van der Waals surface area contributed by atoms with Gasteiger partial charge in [-0.15, -0.1) is 0 Å². The van der Waals surface area contributed by atoms with E-state index in [-0.39, 0.29) is 5.69 Å². The van der Waals surface area contributed by atoms with Gasteiger partial charge in [-0.05, 0) is 57.5 Å². The molecule has 0 saturated heterocycles. The van der Waals surface area contributed by atoms with Gasteiger partial charge in [-0.25, -0.2) is 17.2 Å². The van der Waals surface area contributed by atoms with E-state index in [4.69, 9.17) is 9.47 Å². The number of nitrogens with one attached hydrogen (secondary N) is 1. The maximum absolute atomic E-state index is 13.7. The van der Waals surface area contributed by atoms with Gasteiger partial charge in [0, 0.05) is 6.07 Å². The molecule has 10 heteroatoms. The fraction of sp³-hybridized carbons (Fsp3) is 0.409. The molecule has 1 amide bonds. The second kappa shape index (κ2) is 10.6. The minimum atomic E-state index is -3.97. The normalized spacial score (nSPS) is 13.2. The Bertz CT molecular complexity index is 1060. The lowest BCUT2D eigenvalue weighted by atomic mass is 10.1. The summed E-state index contributed by atoms with van der Waals surface area (Å²) >= 11 is 0. The molecular weight excluding hydrogens is 442 g/mol. The van der Waals surface area contributed by atoms with E-state index in [0.29, 0.717) is 24.7 Å². The molecule has 0 fully saturated rings. The van der Waals surface area contributed by atoms with Crippen LogP contribution in [-0.4, -0.2) is 39.8 Å². The molecule has 0 aromatic heterocycles. The van der Waals surface area contributed by atoms with Crippen LogP contribution in [0.3, 0.4) is 0 Å². The number of amides is 1. The van der Waals surface area contributed by atoms with Crippen LogP contribution in [0.2, 0.25) is 0 Å². The van der Waals surface area contributed by atoms with E-state index in [1.165, 1.54) is 6.92 Å². The molecule has 7 nitrogen and oxygen atoms in total. The quantitative estimate of drug-likeness (QED) is 0.571. The summed E-state index contributed by atoms with van der Waals surface area (Å²) in [4.78, 5) is 12.9. The summed E-state index contributed by atoms with van der Waals surface area (Å²) in [6, 6.07) is 6.20. The number of anilines is 1. The zero-order chi connectivity index (χ0) is 24.1. The summed E-state index contributed by atoms with van der Waals surface area (Å²) in [5, 5.41) is 2.76. The van der Waals surface area contributed by atoms with Crippen molar-refractivity contribution in [1.82, 2.24) is 5.32 Å². The number of nitrogens with zero attached hydrogens (tertiary/aromatic N) is 1. The van der Waals surface area contributed by atoms with Crippen molar-refractivity contribution in [3.8, 4) is 11.5 Å². The Labute approximate surface area is 187 Å². The van der Waals surface area contributed by atoms with Crippen molar-refractivity contribution in [2.75, 3.05) is 23.8 Å². The molecule has 0 spiro atoms. The molecule has 32 heavy (non-hydrogen) atoms. The fourth-order valence-electron chi connectivity index (χ4n) is 3.19. The average molecular weight is 471 g/mol. The molecule has 0 saturated carbocycles. The van der Waals surface area contributed by atoms with Gasteiger partial charge < -0.3 is 14.8 Å². The number of carbonyl (C=O) groups excluding carboxylic acids is 1. The number of halogens is 2. The van der Waals surface area contributed by atoms with Crippen LogP contribution >= 0.6 is 0 Å². The first kappa shape index (κ1) is 25.4. The zero-order valence-electron chi connectivity index (χ0n) is 18.7. The summed E-state index contributed by atoms with van der Waals surface area (Å²) < 4.78 is 63.6. The van der Waals surface area contributed by atoms with Crippen LogP contribution in [0, 0.1) is 11.6 Å². The molecular formula is C22H28F2N2O5S. The van der Waals surface area contributed by atoms with Crippen molar-refractivity contribution in [2.45, 2.75) is 39.8 Å². The smallest absolute Gasteiger partial charge is 0.244 e. The highest BCUT2D eigenvalue weighted by atomic mass is 32.2. The van der Waals surface area contributed by atoms with Crippen LogP contribution in [0.15, 0.2) is 36.4 Å². The number of benzene rings is 2. The number of carbonyl (C=O) groups is 1. The minimum absolute atomic E-state index is 0.151. The molecule has 0 heterocycles. The number of hydrogen-bond donors (Lipinski definition) is 1. The van der Waals surface area contributed by atoms with Crippen LogP contribution in [0.1, 0.15) is 39.3 Å². The van der Waals surface area contributed by atoms with Crippen LogP contribution < -0.4 is 19.1 Å².